The number of para-hydroxylation sites is 1. The molecule has 0 bridgehead atoms. The highest BCUT2D eigenvalue weighted by molar-refractivity contribution is 6.18. The Morgan fingerprint density at radius 3 is 2.60 bits per heavy atom. The van der Waals surface area contributed by atoms with E-state index in [-0.39, 0.29) is 29.3 Å². The summed E-state index contributed by atoms with van der Waals surface area (Å²) in [5.74, 6) is -2.17. The molecule has 0 saturated heterocycles. The van der Waals surface area contributed by atoms with Crippen LogP contribution in [0.5, 0.6) is 5.75 Å². The minimum absolute atomic E-state index is 0.00603. The van der Waals surface area contributed by atoms with Gasteiger partial charge >= 0.3 is 5.97 Å². The maximum absolute atomic E-state index is 14.4. The molecule has 2 aliphatic heterocycles. The van der Waals surface area contributed by atoms with Gasteiger partial charge in [0.2, 0.25) is 11.8 Å². The third-order valence-electron chi connectivity index (χ3n) is 6.63. The number of aromatic nitrogens is 1. The predicted octanol–water partition coefficient (Wildman–Crippen LogP) is 2.40. The minimum Gasteiger partial charge on any atom is -0.465 e. The molecule has 3 aromatic rings. The maximum Gasteiger partial charge on any atom is 0.340 e. The van der Waals surface area contributed by atoms with Crippen LogP contribution >= 0.6 is 0 Å². The van der Waals surface area contributed by atoms with Crippen LogP contribution < -0.4 is 20.9 Å². The van der Waals surface area contributed by atoms with E-state index in [4.69, 9.17) is 15.2 Å². The first-order valence-electron chi connectivity index (χ1n) is 10.8. The SMILES string of the molecule is COC(=O)C1=C(N)Oc2cc(C)n(C)c(=O)c2C12C(=O)N(Cc1cccc(F)c1)c1ccccc12. The molecule has 0 saturated carbocycles. The summed E-state index contributed by atoms with van der Waals surface area (Å²) in [4.78, 5) is 42.7. The fourth-order valence-corrected chi connectivity index (χ4v) is 4.96. The first-order chi connectivity index (χ1) is 16.7. The fourth-order valence-electron chi connectivity index (χ4n) is 4.96. The molecule has 1 unspecified atom stereocenters. The Kier molecular flexibility index (Phi) is 5.01. The summed E-state index contributed by atoms with van der Waals surface area (Å²) in [6, 6.07) is 14.3. The summed E-state index contributed by atoms with van der Waals surface area (Å²) < 4.78 is 26.0. The van der Waals surface area contributed by atoms with E-state index < -0.39 is 28.7 Å². The number of halogens is 1. The van der Waals surface area contributed by atoms with Crippen molar-refractivity contribution in [3.05, 3.63) is 105 Å². The first-order valence-corrected chi connectivity index (χ1v) is 10.8. The summed E-state index contributed by atoms with van der Waals surface area (Å²) >= 11 is 0. The van der Waals surface area contributed by atoms with E-state index in [0.29, 0.717) is 22.5 Å². The van der Waals surface area contributed by atoms with Gasteiger partial charge in [-0.15, -0.1) is 0 Å². The standard InChI is InChI=1S/C26H22FN3O5/c1-14-11-19-20(23(31)29(14)2)26(21(22(28)35-19)24(32)34-3)17-9-4-5-10-18(17)30(25(26)33)13-15-7-6-8-16(27)12-15/h4-12H,13,28H2,1-3H3. The van der Waals surface area contributed by atoms with Crippen LogP contribution in [0.4, 0.5) is 10.1 Å². The Hall–Kier alpha value is -4.40. The number of benzene rings is 2. The summed E-state index contributed by atoms with van der Waals surface area (Å²) in [5.41, 5.74) is 5.47. The highest BCUT2D eigenvalue weighted by Gasteiger charge is 2.62. The van der Waals surface area contributed by atoms with Crippen molar-refractivity contribution in [2.75, 3.05) is 12.0 Å². The van der Waals surface area contributed by atoms with Crippen LogP contribution in [0.3, 0.4) is 0 Å². The minimum atomic E-state index is -1.91. The second-order valence-corrected chi connectivity index (χ2v) is 8.51. The molecule has 8 nitrogen and oxygen atoms in total. The molecule has 1 spiro atoms. The maximum atomic E-state index is 14.4. The normalized spacial score (nSPS) is 18.4. The van der Waals surface area contributed by atoms with Crippen molar-refractivity contribution in [3.63, 3.8) is 0 Å². The molecule has 2 aliphatic rings. The Morgan fingerprint density at radius 1 is 1.14 bits per heavy atom. The van der Waals surface area contributed by atoms with Gasteiger partial charge in [-0.3, -0.25) is 9.59 Å². The van der Waals surface area contributed by atoms with E-state index in [2.05, 4.69) is 0 Å². The third-order valence-corrected chi connectivity index (χ3v) is 6.63. The second-order valence-electron chi connectivity index (χ2n) is 8.51. The molecule has 2 aromatic carbocycles. The number of carbonyl (C=O) groups is 2. The average molecular weight is 475 g/mol. The molecular weight excluding hydrogens is 453 g/mol. The Bertz CT molecular complexity index is 1510. The number of pyridine rings is 1. The van der Waals surface area contributed by atoms with Crippen molar-refractivity contribution in [1.82, 2.24) is 4.57 Å². The monoisotopic (exact) mass is 475 g/mol. The number of amides is 1. The molecule has 9 heteroatoms. The lowest BCUT2D eigenvalue weighted by atomic mass is 9.68. The van der Waals surface area contributed by atoms with E-state index in [1.54, 1.807) is 56.4 Å². The van der Waals surface area contributed by atoms with Gasteiger partial charge in [-0.2, -0.15) is 0 Å². The van der Waals surface area contributed by atoms with Gasteiger partial charge in [0.05, 0.1) is 19.2 Å². The Balaban J connectivity index is 1.86. The Morgan fingerprint density at radius 2 is 1.89 bits per heavy atom. The molecule has 2 N–H and O–H groups in total. The molecule has 1 aromatic heterocycles. The first kappa shape index (κ1) is 22.4. The molecule has 1 atom stereocenters. The van der Waals surface area contributed by atoms with Crippen molar-refractivity contribution in [3.8, 4) is 5.75 Å². The van der Waals surface area contributed by atoms with Crippen LogP contribution in [0.15, 0.2) is 70.8 Å². The number of nitrogens with zero attached hydrogens (tertiary/aromatic N) is 2. The van der Waals surface area contributed by atoms with Crippen LogP contribution in [0.2, 0.25) is 0 Å². The van der Waals surface area contributed by atoms with Crippen LogP contribution in [0.1, 0.15) is 22.4 Å². The molecule has 0 fully saturated rings. The zero-order valence-electron chi connectivity index (χ0n) is 19.3. The predicted molar refractivity (Wildman–Crippen MR) is 125 cm³/mol. The molecule has 5 rings (SSSR count). The van der Waals surface area contributed by atoms with Crippen molar-refractivity contribution in [2.24, 2.45) is 12.8 Å². The highest BCUT2D eigenvalue weighted by Crippen LogP contribution is 2.54. The topological polar surface area (TPSA) is 104 Å². The van der Waals surface area contributed by atoms with Gasteiger partial charge in [-0.25, -0.2) is 9.18 Å². The largest absolute Gasteiger partial charge is 0.465 e. The van der Waals surface area contributed by atoms with Crippen LogP contribution in [-0.2, 0) is 33.3 Å². The number of nitrogens with two attached hydrogens (primary N) is 1. The zero-order valence-corrected chi connectivity index (χ0v) is 19.3. The summed E-state index contributed by atoms with van der Waals surface area (Å²) in [6.45, 7) is 1.72. The van der Waals surface area contributed by atoms with E-state index in [9.17, 15) is 18.8 Å². The average Bonchev–Trinajstić information content (AvgIpc) is 3.06. The lowest BCUT2D eigenvalue weighted by Crippen LogP contribution is -2.51. The van der Waals surface area contributed by atoms with Gasteiger partial charge in [0, 0.05) is 30.1 Å². The van der Waals surface area contributed by atoms with Gasteiger partial charge in [-0.05, 0) is 30.7 Å². The number of hydrogen-bond acceptors (Lipinski definition) is 6. The molecular formula is C26H22FN3O5. The number of carbonyl (C=O) groups excluding carboxylic acids is 2. The molecule has 0 aliphatic carbocycles. The van der Waals surface area contributed by atoms with E-state index in [0.717, 1.165) is 7.11 Å². The van der Waals surface area contributed by atoms with Crippen LogP contribution in [-0.4, -0.2) is 23.6 Å². The highest BCUT2D eigenvalue weighted by atomic mass is 19.1. The van der Waals surface area contributed by atoms with Gasteiger partial charge in [-0.1, -0.05) is 30.3 Å². The van der Waals surface area contributed by atoms with E-state index >= 15 is 0 Å². The van der Waals surface area contributed by atoms with Gasteiger partial charge in [0.15, 0.2) is 0 Å². The number of aryl methyl sites for hydroxylation is 1. The number of methoxy groups -OCH3 is 1. The summed E-state index contributed by atoms with van der Waals surface area (Å²) in [7, 11) is 2.73. The van der Waals surface area contributed by atoms with Gasteiger partial charge < -0.3 is 24.7 Å². The van der Waals surface area contributed by atoms with E-state index in [1.165, 1.54) is 21.6 Å². The quantitative estimate of drug-likeness (QED) is 0.584. The van der Waals surface area contributed by atoms with Gasteiger partial charge in [0.25, 0.3) is 5.56 Å². The molecule has 178 valence electrons. The lowest BCUT2D eigenvalue weighted by molar-refractivity contribution is -0.138. The number of anilines is 1. The number of esters is 1. The number of ether oxygens (including phenoxy) is 2. The lowest BCUT2D eigenvalue weighted by Gasteiger charge is -2.35. The van der Waals surface area contributed by atoms with Gasteiger partial charge in [0.1, 0.15) is 22.6 Å². The summed E-state index contributed by atoms with van der Waals surface area (Å²) in [5, 5.41) is 0. The van der Waals surface area contributed by atoms with Crippen molar-refractivity contribution < 1.29 is 23.5 Å². The van der Waals surface area contributed by atoms with Crippen molar-refractivity contribution >= 4 is 17.6 Å². The Labute approximate surface area is 200 Å². The fraction of sp³-hybridized carbons (Fsp3) is 0.192. The molecule has 1 amide bonds. The van der Waals surface area contributed by atoms with E-state index in [1.807, 2.05) is 0 Å². The number of hydrogen-bond donors (Lipinski definition) is 1. The molecule has 3 heterocycles. The molecule has 0 radical (unpaired) electrons. The van der Waals surface area contributed by atoms with Crippen molar-refractivity contribution in [2.45, 2.75) is 18.9 Å². The third kappa shape index (κ3) is 3.01. The smallest absolute Gasteiger partial charge is 0.340 e. The molecule has 35 heavy (non-hydrogen) atoms. The van der Waals surface area contributed by atoms with Crippen molar-refractivity contribution in [1.29, 1.82) is 0 Å². The van der Waals surface area contributed by atoms with Crippen LogP contribution in [0.25, 0.3) is 0 Å². The second kappa shape index (κ2) is 7.83. The number of rotatable bonds is 3. The van der Waals surface area contributed by atoms with Crippen LogP contribution in [0, 0.1) is 12.7 Å². The zero-order chi connectivity index (χ0) is 25.1. The number of fused-ring (bicyclic) bond motifs is 4. The summed E-state index contributed by atoms with van der Waals surface area (Å²) in [6.07, 6.45) is 0.